The molecule has 0 aliphatic carbocycles. The van der Waals surface area contributed by atoms with Gasteiger partial charge < -0.3 is 9.16 Å². The average molecular weight is 202 g/mol. The van der Waals surface area contributed by atoms with Crippen molar-refractivity contribution in [1.29, 1.82) is 0 Å². The molecule has 13 heavy (non-hydrogen) atoms. The minimum atomic E-state index is -1.72. The van der Waals surface area contributed by atoms with Gasteiger partial charge in [0.1, 0.15) is 0 Å². The Morgan fingerprint density at radius 2 is 1.62 bits per heavy atom. The molecule has 0 saturated heterocycles. The maximum atomic E-state index is 11.2. The summed E-state index contributed by atoms with van der Waals surface area (Å²) in [6.45, 7) is 9.76. The highest BCUT2D eigenvalue weighted by atomic mass is 28.4. The van der Waals surface area contributed by atoms with E-state index in [0.717, 1.165) is 5.57 Å². The summed E-state index contributed by atoms with van der Waals surface area (Å²) in [6.07, 6.45) is 0. The highest BCUT2D eigenvalue weighted by molar-refractivity contribution is 6.70. The zero-order valence-corrected chi connectivity index (χ0v) is 10.2. The fourth-order valence-corrected chi connectivity index (χ4v) is 1.65. The van der Waals surface area contributed by atoms with E-state index in [4.69, 9.17) is 4.43 Å². The van der Waals surface area contributed by atoms with Crippen LogP contribution in [-0.2, 0) is 14.0 Å². The predicted octanol–water partition coefficient (Wildman–Crippen LogP) is 2.30. The summed E-state index contributed by atoms with van der Waals surface area (Å²) in [5.74, 6) is -0.0240. The molecule has 0 bridgehead atoms. The van der Waals surface area contributed by atoms with Gasteiger partial charge in [0.05, 0.1) is 7.11 Å². The van der Waals surface area contributed by atoms with E-state index >= 15 is 0 Å². The molecular formula is C9H18O3Si. The van der Waals surface area contributed by atoms with Crippen LogP contribution in [0.2, 0.25) is 19.6 Å². The molecule has 0 radical (unpaired) electrons. The average Bonchev–Trinajstić information content (AvgIpc) is 1.96. The first-order chi connectivity index (χ1) is 5.78. The van der Waals surface area contributed by atoms with E-state index in [9.17, 15) is 4.79 Å². The van der Waals surface area contributed by atoms with Crippen LogP contribution < -0.4 is 0 Å². The van der Waals surface area contributed by atoms with Gasteiger partial charge in [-0.25, -0.2) is 4.79 Å². The number of carbonyl (C=O) groups excluding carboxylic acids is 1. The summed E-state index contributed by atoms with van der Waals surface area (Å²) in [7, 11) is -0.361. The minimum absolute atomic E-state index is 0.363. The number of hydrogen-bond donors (Lipinski definition) is 0. The van der Waals surface area contributed by atoms with Crippen LogP contribution in [0, 0.1) is 0 Å². The molecule has 0 spiro atoms. The van der Waals surface area contributed by atoms with Crippen molar-refractivity contribution in [2.75, 3.05) is 7.11 Å². The van der Waals surface area contributed by atoms with Crippen molar-refractivity contribution >= 4 is 14.3 Å². The summed E-state index contributed by atoms with van der Waals surface area (Å²) in [4.78, 5) is 11.2. The highest BCUT2D eigenvalue weighted by Crippen LogP contribution is 2.14. The summed E-state index contributed by atoms with van der Waals surface area (Å²) in [5, 5.41) is 0. The molecule has 0 amide bonds. The van der Waals surface area contributed by atoms with Crippen LogP contribution in [0.15, 0.2) is 11.3 Å². The number of methoxy groups -OCH3 is 1. The van der Waals surface area contributed by atoms with Gasteiger partial charge in [-0.2, -0.15) is 0 Å². The van der Waals surface area contributed by atoms with Crippen molar-refractivity contribution in [3.8, 4) is 0 Å². The topological polar surface area (TPSA) is 35.5 Å². The Kier molecular flexibility index (Phi) is 4.19. The third-order valence-corrected chi connectivity index (χ3v) is 2.05. The zero-order chi connectivity index (χ0) is 10.6. The Balaban J connectivity index is 4.68. The quantitative estimate of drug-likeness (QED) is 0.305. The van der Waals surface area contributed by atoms with E-state index in [1.807, 2.05) is 33.5 Å². The smallest absolute Gasteiger partial charge is 0.371 e. The molecule has 0 rings (SSSR count). The normalized spacial score (nSPS) is 10.6. The number of allylic oxidation sites excluding steroid dienone is 1. The first kappa shape index (κ1) is 12.2. The van der Waals surface area contributed by atoms with E-state index < -0.39 is 8.32 Å². The fraction of sp³-hybridized carbons (Fsp3) is 0.667. The Morgan fingerprint density at radius 3 is 1.85 bits per heavy atom. The number of esters is 1. The lowest BCUT2D eigenvalue weighted by Gasteiger charge is -2.21. The predicted molar refractivity (Wildman–Crippen MR) is 54.8 cm³/mol. The largest absolute Gasteiger partial charge is 0.540 e. The molecule has 76 valence electrons. The van der Waals surface area contributed by atoms with Crippen LogP contribution in [0.25, 0.3) is 0 Å². The lowest BCUT2D eigenvalue weighted by atomic mass is 10.3. The van der Waals surface area contributed by atoms with Gasteiger partial charge in [-0.15, -0.1) is 0 Å². The third kappa shape index (κ3) is 4.72. The second-order valence-electron chi connectivity index (χ2n) is 4.04. The molecule has 0 aliphatic heterocycles. The van der Waals surface area contributed by atoms with Gasteiger partial charge in [0.2, 0.25) is 8.32 Å². The number of ether oxygens (including phenoxy) is 1. The van der Waals surface area contributed by atoms with Crippen LogP contribution in [0.4, 0.5) is 0 Å². The van der Waals surface area contributed by atoms with Crippen molar-refractivity contribution in [3.63, 3.8) is 0 Å². The molecular weight excluding hydrogens is 184 g/mol. The van der Waals surface area contributed by atoms with Crippen molar-refractivity contribution in [2.24, 2.45) is 0 Å². The summed E-state index contributed by atoms with van der Waals surface area (Å²) >= 11 is 0. The fourth-order valence-electron chi connectivity index (χ4n) is 0.747. The van der Waals surface area contributed by atoms with Gasteiger partial charge >= 0.3 is 5.97 Å². The molecule has 0 N–H and O–H groups in total. The maximum absolute atomic E-state index is 11.2. The molecule has 0 aromatic heterocycles. The summed E-state index contributed by atoms with van der Waals surface area (Å²) in [6, 6.07) is 0. The van der Waals surface area contributed by atoms with E-state index in [0.29, 0.717) is 5.76 Å². The second kappa shape index (κ2) is 4.46. The van der Waals surface area contributed by atoms with Crippen LogP contribution in [0.1, 0.15) is 13.8 Å². The lowest BCUT2D eigenvalue weighted by molar-refractivity contribution is -0.138. The number of hydrogen-bond acceptors (Lipinski definition) is 3. The Morgan fingerprint density at radius 1 is 1.15 bits per heavy atom. The third-order valence-electron chi connectivity index (χ3n) is 1.23. The van der Waals surface area contributed by atoms with Crippen LogP contribution in [0.5, 0.6) is 0 Å². The molecule has 0 aromatic rings. The Bertz CT molecular complexity index is 222. The summed E-state index contributed by atoms with van der Waals surface area (Å²) in [5.41, 5.74) is 0.856. The second-order valence-corrected chi connectivity index (χ2v) is 8.46. The van der Waals surface area contributed by atoms with E-state index in [1.165, 1.54) is 7.11 Å². The standard InChI is InChI=1S/C9H18O3Si/c1-7(2)8(9(10)11-3)12-13(4,5)6/h1-6H3. The van der Waals surface area contributed by atoms with Gasteiger partial charge in [-0.1, -0.05) is 0 Å². The Labute approximate surface area is 80.9 Å². The molecule has 0 atom stereocenters. The SMILES string of the molecule is COC(=O)C(O[Si](C)(C)C)=C(C)C. The van der Waals surface area contributed by atoms with Gasteiger partial charge in [-0.3, -0.25) is 0 Å². The maximum Gasteiger partial charge on any atom is 0.371 e. The van der Waals surface area contributed by atoms with Crippen molar-refractivity contribution in [1.82, 2.24) is 0 Å². The molecule has 4 heteroatoms. The van der Waals surface area contributed by atoms with Crippen molar-refractivity contribution < 1.29 is 14.0 Å². The van der Waals surface area contributed by atoms with E-state index in [2.05, 4.69) is 4.74 Å². The molecule has 0 fully saturated rings. The molecule has 0 unspecified atom stereocenters. The monoisotopic (exact) mass is 202 g/mol. The minimum Gasteiger partial charge on any atom is -0.540 e. The molecule has 0 heterocycles. The van der Waals surface area contributed by atoms with Crippen molar-refractivity contribution in [2.45, 2.75) is 33.5 Å². The zero-order valence-electron chi connectivity index (χ0n) is 9.22. The van der Waals surface area contributed by atoms with E-state index in [1.54, 1.807) is 0 Å². The first-order valence-electron chi connectivity index (χ1n) is 4.22. The van der Waals surface area contributed by atoms with Gasteiger partial charge in [0, 0.05) is 0 Å². The molecule has 0 aliphatic rings. The Hall–Kier alpha value is -0.773. The van der Waals surface area contributed by atoms with E-state index in [-0.39, 0.29) is 5.97 Å². The lowest BCUT2D eigenvalue weighted by Crippen LogP contribution is -2.28. The van der Waals surface area contributed by atoms with Crippen LogP contribution in [0.3, 0.4) is 0 Å². The van der Waals surface area contributed by atoms with Gasteiger partial charge in [0.15, 0.2) is 5.76 Å². The van der Waals surface area contributed by atoms with Gasteiger partial charge in [-0.05, 0) is 39.1 Å². The molecule has 0 saturated carbocycles. The highest BCUT2D eigenvalue weighted by Gasteiger charge is 2.23. The molecule has 0 aromatic carbocycles. The van der Waals surface area contributed by atoms with Crippen LogP contribution >= 0.6 is 0 Å². The number of rotatable bonds is 3. The van der Waals surface area contributed by atoms with Crippen molar-refractivity contribution in [3.05, 3.63) is 11.3 Å². The summed E-state index contributed by atoms with van der Waals surface area (Å²) < 4.78 is 10.2. The molecule has 3 nitrogen and oxygen atoms in total. The van der Waals surface area contributed by atoms with Gasteiger partial charge in [0.25, 0.3) is 0 Å². The van der Waals surface area contributed by atoms with Crippen LogP contribution in [-0.4, -0.2) is 21.4 Å². The first-order valence-corrected chi connectivity index (χ1v) is 7.63. The number of carbonyl (C=O) groups is 1.